The van der Waals surface area contributed by atoms with Gasteiger partial charge in [-0.1, -0.05) is 12.2 Å². The van der Waals surface area contributed by atoms with Gasteiger partial charge in [0.05, 0.1) is 12.1 Å². The van der Waals surface area contributed by atoms with Crippen LogP contribution >= 0.6 is 0 Å². The lowest BCUT2D eigenvalue weighted by Gasteiger charge is -2.29. The molecule has 3 unspecified atom stereocenters. The molecule has 92 valence electrons. The van der Waals surface area contributed by atoms with Gasteiger partial charge < -0.3 is 4.74 Å². The van der Waals surface area contributed by atoms with Crippen LogP contribution in [-0.4, -0.2) is 28.7 Å². The minimum atomic E-state index is -0.516. The van der Waals surface area contributed by atoms with E-state index in [4.69, 9.17) is 10.00 Å². The van der Waals surface area contributed by atoms with E-state index < -0.39 is 5.60 Å². The Hall–Kier alpha value is -1.50. The Morgan fingerprint density at radius 3 is 2.82 bits per heavy atom. The van der Waals surface area contributed by atoms with E-state index in [0.29, 0.717) is 5.92 Å². The van der Waals surface area contributed by atoms with Gasteiger partial charge in [-0.15, -0.1) is 0 Å². The van der Waals surface area contributed by atoms with E-state index in [0.717, 1.165) is 12.8 Å². The number of hydrogen-bond donors (Lipinski definition) is 0. The summed E-state index contributed by atoms with van der Waals surface area (Å²) in [5.74, 6) is 0.396. The number of nitrogens with zero attached hydrogens (tertiary/aromatic N) is 2. The molecule has 1 saturated heterocycles. The van der Waals surface area contributed by atoms with Crippen LogP contribution < -0.4 is 0 Å². The molecule has 17 heavy (non-hydrogen) atoms. The van der Waals surface area contributed by atoms with Crippen molar-refractivity contribution in [3.05, 3.63) is 12.2 Å². The van der Waals surface area contributed by atoms with Gasteiger partial charge in [-0.2, -0.15) is 5.26 Å². The van der Waals surface area contributed by atoms with Crippen molar-refractivity contribution in [3.8, 4) is 6.07 Å². The van der Waals surface area contributed by atoms with Crippen molar-refractivity contribution in [1.82, 2.24) is 4.90 Å². The first-order chi connectivity index (χ1) is 7.92. The van der Waals surface area contributed by atoms with Gasteiger partial charge in [0.25, 0.3) is 0 Å². The van der Waals surface area contributed by atoms with Crippen molar-refractivity contribution >= 4 is 6.09 Å². The normalized spacial score (nSPS) is 31.2. The van der Waals surface area contributed by atoms with Crippen molar-refractivity contribution in [2.75, 3.05) is 0 Å². The molecule has 1 amide bonds. The highest BCUT2D eigenvalue weighted by Crippen LogP contribution is 2.37. The molecule has 0 aromatic rings. The SMILES string of the molecule is CC(C)(C)OC(=O)N1C(C#N)CC2CC=CC21. The number of likely N-dealkylation sites (tertiary alicyclic amines) is 1. The summed E-state index contributed by atoms with van der Waals surface area (Å²) in [6.45, 7) is 5.51. The van der Waals surface area contributed by atoms with Crippen LogP contribution in [0.25, 0.3) is 0 Å². The molecule has 1 fully saturated rings. The third-order valence-electron chi connectivity index (χ3n) is 3.19. The predicted octanol–water partition coefficient (Wildman–Crippen LogP) is 2.46. The fraction of sp³-hybridized carbons (Fsp3) is 0.692. The summed E-state index contributed by atoms with van der Waals surface area (Å²) in [7, 11) is 0. The first-order valence-corrected chi connectivity index (χ1v) is 6.00. The van der Waals surface area contributed by atoms with Crippen LogP contribution in [0.4, 0.5) is 4.79 Å². The van der Waals surface area contributed by atoms with E-state index in [-0.39, 0.29) is 18.2 Å². The molecule has 0 spiro atoms. The Bertz CT molecular complexity index is 389. The standard InChI is InChI=1S/C13H18N2O2/c1-13(2,3)17-12(16)15-10(8-14)7-9-5-4-6-11(9)15/h4,6,9-11H,5,7H2,1-3H3. The minimum absolute atomic E-state index is 0.0505. The molecule has 3 atom stereocenters. The van der Waals surface area contributed by atoms with Gasteiger partial charge in [-0.3, -0.25) is 4.90 Å². The number of carbonyl (C=O) groups is 1. The van der Waals surface area contributed by atoms with Crippen LogP contribution in [0.3, 0.4) is 0 Å². The smallest absolute Gasteiger partial charge is 0.411 e. The van der Waals surface area contributed by atoms with Gasteiger partial charge in [0.15, 0.2) is 0 Å². The Morgan fingerprint density at radius 2 is 2.24 bits per heavy atom. The summed E-state index contributed by atoms with van der Waals surface area (Å²) in [5.41, 5.74) is -0.516. The van der Waals surface area contributed by atoms with Crippen LogP contribution in [0, 0.1) is 17.2 Å². The van der Waals surface area contributed by atoms with E-state index in [1.165, 1.54) is 0 Å². The monoisotopic (exact) mass is 234 g/mol. The molecule has 1 aliphatic carbocycles. The molecular weight excluding hydrogens is 216 g/mol. The first kappa shape index (κ1) is 12.0. The number of allylic oxidation sites excluding steroid dienone is 1. The zero-order chi connectivity index (χ0) is 12.6. The molecule has 4 nitrogen and oxygen atoms in total. The van der Waals surface area contributed by atoms with Gasteiger partial charge >= 0.3 is 6.09 Å². The molecule has 0 aromatic carbocycles. The van der Waals surface area contributed by atoms with Crippen molar-refractivity contribution in [1.29, 1.82) is 5.26 Å². The van der Waals surface area contributed by atoms with Crippen LogP contribution in [0.1, 0.15) is 33.6 Å². The van der Waals surface area contributed by atoms with Gasteiger partial charge in [0, 0.05) is 0 Å². The lowest BCUT2D eigenvalue weighted by atomic mass is 10.0. The maximum absolute atomic E-state index is 12.1. The van der Waals surface area contributed by atoms with E-state index in [9.17, 15) is 4.79 Å². The third-order valence-corrected chi connectivity index (χ3v) is 3.19. The highest BCUT2D eigenvalue weighted by molar-refractivity contribution is 5.70. The van der Waals surface area contributed by atoms with E-state index in [1.54, 1.807) is 4.90 Å². The van der Waals surface area contributed by atoms with E-state index in [1.807, 2.05) is 26.8 Å². The lowest BCUT2D eigenvalue weighted by Crippen LogP contribution is -2.43. The van der Waals surface area contributed by atoms with Gasteiger partial charge in [0.1, 0.15) is 11.6 Å². The number of hydrogen-bond acceptors (Lipinski definition) is 3. The summed E-state index contributed by atoms with van der Waals surface area (Å²) in [4.78, 5) is 13.7. The van der Waals surface area contributed by atoms with Gasteiger partial charge in [0.2, 0.25) is 0 Å². The molecular formula is C13H18N2O2. The average Bonchev–Trinajstić information content (AvgIpc) is 2.71. The predicted molar refractivity (Wildman–Crippen MR) is 63.1 cm³/mol. The fourth-order valence-corrected chi connectivity index (χ4v) is 2.53. The van der Waals surface area contributed by atoms with Crippen molar-refractivity contribution in [3.63, 3.8) is 0 Å². The summed E-state index contributed by atoms with van der Waals surface area (Å²) >= 11 is 0. The third kappa shape index (κ3) is 2.28. The zero-order valence-electron chi connectivity index (χ0n) is 10.5. The first-order valence-electron chi connectivity index (χ1n) is 6.00. The summed E-state index contributed by atoms with van der Waals surface area (Å²) in [6.07, 6.45) is 5.45. The Labute approximate surface area is 102 Å². The Balaban J connectivity index is 2.15. The minimum Gasteiger partial charge on any atom is -0.444 e. The molecule has 0 aromatic heterocycles. The average molecular weight is 234 g/mol. The number of amides is 1. The summed E-state index contributed by atoms with van der Waals surface area (Å²) in [6, 6.07) is 1.91. The van der Waals surface area contributed by atoms with Gasteiger partial charge in [-0.05, 0) is 39.5 Å². The second kappa shape index (κ2) is 4.06. The second-order valence-electron chi connectivity index (χ2n) is 5.68. The number of rotatable bonds is 0. The molecule has 2 rings (SSSR count). The molecule has 4 heteroatoms. The van der Waals surface area contributed by atoms with Crippen LogP contribution in [0.2, 0.25) is 0 Å². The molecule has 0 N–H and O–H groups in total. The topological polar surface area (TPSA) is 53.3 Å². The van der Waals surface area contributed by atoms with E-state index >= 15 is 0 Å². The molecule has 0 bridgehead atoms. The fourth-order valence-electron chi connectivity index (χ4n) is 2.53. The Kier molecular flexibility index (Phi) is 2.86. The quantitative estimate of drug-likeness (QED) is 0.605. The maximum Gasteiger partial charge on any atom is 0.411 e. The van der Waals surface area contributed by atoms with E-state index in [2.05, 4.69) is 12.1 Å². The zero-order valence-corrected chi connectivity index (χ0v) is 10.5. The summed E-state index contributed by atoms with van der Waals surface area (Å²) in [5, 5.41) is 9.12. The molecule has 1 heterocycles. The largest absolute Gasteiger partial charge is 0.444 e. The highest BCUT2D eigenvalue weighted by atomic mass is 16.6. The second-order valence-corrected chi connectivity index (χ2v) is 5.68. The Morgan fingerprint density at radius 1 is 1.53 bits per heavy atom. The van der Waals surface area contributed by atoms with Crippen LogP contribution in [0.15, 0.2) is 12.2 Å². The molecule has 1 aliphatic heterocycles. The van der Waals surface area contributed by atoms with Crippen LogP contribution in [-0.2, 0) is 4.74 Å². The van der Waals surface area contributed by atoms with Gasteiger partial charge in [-0.25, -0.2) is 4.79 Å². The number of fused-ring (bicyclic) bond motifs is 1. The molecule has 0 saturated carbocycles. The molecule has 2 aliphatic rings. The van der Waals surface area contributed by atoms with Crippen molar-refractivity contribution < 1.29 is 9.53 Å². The summed E-state index contributed by atoms with van der Waals surface area (Å²) < 4.78 is 5.36. The maximum atomic E-state index is 12.1. The van der Waals surface area contributed by atoms with Crippen LogP contribution in [0.5, 0.6) is 0 Å². The molecule has 0 radical (unpaired) electrons. The number of carbonyl (C=O) groups excluding carboxylic acids is 1. The number of ether oxygens (including phenoxy) is 1. The van der Waals surface area contributed by atoms with Crippen molar-refractivity contribution in [2.24, 2.45) is 5.92 Å². The highest BCUT2D eigenvalue weighted by Gasteiger charge is 2.45. The number of nitriles is 1. The van der Waals surface area contributed by atoms with Crippen molar-refractivity contribution in [2.45, 2.75) is 51.3 Å². The lowest BCUT2D eigenvalue weighted by molar-refractivity contribution is 0.0209.